The number of hydrogen-bond donors (Lipinski definition) is 1. The van der Waals surface area contributed by atoms with Crippen LogP contribution in [-0.4, -0.2) is 12.1 Å². The highest BCUT2D eigenvalue weighted by molar-refractivity contribution is 5.95. The molecule has 0 heterocycles. The Morgan fingerprint density at radius 3 is 2.74 bits per heavy atom. The predicted molar refractivity (Wildman–Crippen MR) is 74.4 cm³/mol. The number of unbranched alkanes of at least 4 members (excludes halogenated alkanes) is 3. The smallest absolute Gasteiger partial charge is 0.340 e. The van der Waals surface area contributed by atoms with Gasteiger partial charge in [0.25, 0.3) is 0 Å². The summed E-state index contributed by atoms with van der Waals surface area (Å²) in [6.07, 6.45) is 5.27. The van der Waals surface area contributed by atoms with Gasteiger partial charge in [0.1, 0.15) is 5.82 Å². The lowest BCUT2D eigenvalue weighted by Gasteiger charge is -2.14. The molecule has 4 heteroatoms. The lowest BCUT2D eigenvalue weighted by atomic mass is 10.1. The maximum Gasteiger partial charge on any atom is 0.340 e. The summed E-state index contributed by atoms with van der Waals surface area (Å²) < 4.78 is 18.2. The largest absolute Gasteiger partial charge is 0.459 e. The summed E-state index contributed by atoms with van der Waals surface area (Å²) in [5, 5.41) is 0. The van der Waals surface area contributed by atoms with Crippen molar-refractivity contribution in [1.29, 1.82) is 0 Å². The molecule has 1 aromatic carbocycles. The van der Waals surface area contributed by atoms with Crippen molar-refractivity contribution in [3.05, 3.63) is 29.6 Å². The molecule has 1 unspecified atom stereocenters. The monoisotopic (exact) mass is 267 g/mol. The van der Waals surface area contributed by atoms with Gasteiger partial charge in [-0.05, 0) is 38.0 Å². The summed E-state index contributed by atoms with van der Waals surface area (Å²) in [4.78, 5) is 11.9. The molecule has 2 N–H and O–H groups in total. The molecule has 0 amide bonds. The molecule has 0 saturated heterocycles. The van der Waals surface area contributed by atoms with E-state index in [0.717, 1.165) is 25.3 Å². The molecule has 0 aliphatic heterocycles. The normalized spacial score (nSPS) is 12.2. The molecule has 1 atom stereocenters. The van der Waals surface area contributed by atoms with Crippen molar-refractivity contribution in [3.8, 4) is 0 Å². The molecule has 0 bridgehead atoms. The number of ether oxygens (including phenoxy) is 1. The number of benzene rings is 1. The zero-order valence-corrected chi connectivity index (χ0v) is 11.6. The number of esters is 1. The zero-order valence-electron chi connectivity index (χ0n) is 11.6. The average Bonchev–Trinajstić information content (AvgIpc) is 2.34. The van der Waals surface area contributed by atoms with Crippen LogP contribution in [0.3, 0.4) is 0 Å². The van der Waals surface area contributed by atoms with Crippen molar-refractivity contribution >= 4 is 11.7 Å². The molecule has 0 aliphatic carbocycles. The molecule has 106 valence electrons. The molecule has 1 rings (SSSR count). The third-order valence-corrected chi connectivity index (χ3v) is 3.01. The highest BCUT2D eigenvalue weighted by Crippen LogP contribution is 2.16. The van der Waals surface area contributed by atoms with E-state index in [-0.39, 0.29) is 17.4 Å². The average molecular weight is 267 g/mol. The highest BCUT2D eigenvalue weighted by atomic mass is 19.1. The second kappa shape index (κ2) is 7.77. The van der Waals surface area contributed by atoms with Gasteiger partial charge in [0, 0.05) is 5.69 Å². The van der Waals surface area contributed by atoms with Crippen LogP contribution < -0.4 is 5.73 Å². The van der Waals surface area contributed by atoms with Gasteiger partial charge in [0.2, 0.25) is 0 Å². The van der Waals surface area contributed by atoms with Crippen molar-refractivity contribution in [1.82, 2.24) is 0 Å². The number of anilines is 1. The number of rotatable bonds is 7. The molecule has 0 saturated carbocycles. The van der Waals surface area contributed by atoms with E-state index in [9.17, 15) is 9.18 Å². The van der Waals surface area contributed by atoms with Crippen molar-refractivity contribution in [3.63, 3.8) is 0 Å². The number of carbonyl (C=O) groups is 1. The van der Waals surface area contributed by atoms with Crippen molar-refractivity contribution in [2.45, 2.75) is 52.1 Å². The third kappa shape index (κ3) is 5.28. The molecular weight excluding hydrogens is 245 g/mol. The summed E-state index contributed by atoms with van der Waals surface area (Å²) >= 11 is 0. The van der Waals surface area contributed by atoms with Crippen LogP contribution in [0.15, 0.2) is 18.2 Å². The zero-order chi connectivity index (χ0) is 14.3. The van der Waals surface area contributed by atoms with Gasteiger partial charge in [-0.15, -0.1) is 0 Å². The van der Waals surface area contributed by atoms with E-state index in [1.54, 1.807) is 0 Å². The van der Waals surface area contributed by atoms with E-state index in [2.05, 4.69) is 6.92 Å². The van der Waals surface area contributed by atoms with E-state index < -0.39 is 11.8 Å². The minimum Gasteiger partial charge on any atom is -0.459 e. The van der Waals surface area contributed by atoms with Crippen LogP contribution in [0.5, 0.6) is 0 Å². The number of carbonyl (C=O) groups excluding carboxylic acids is 1. The molecule has 0 aromatic heterocycles. The third-order valence-electron chi connectivity index (χ3n) is 3.01. The predicted octanol–water partition coefficient (Wildman–Crippen LogP) is 3.92. The summed E-state index contributed by atoms with van der Waals surface area (Å²) in [5.74, 6) is -0.942. The molecule has 0 radical (unpaired) electrons. The van der Waals surface area contributed by atoms with Gasteiger partial charge in [-0.2, -0.15) is 0 Å². The first kappa shape index (κ1) is 15.5. The molecular formula is C15H22FNO2. The highest BCUT2D eigenvalue weighted by Gasteiger charge is 2.15. The molecule has 0 fully saturated rings. The second-order valence-corrected chi connectivity index (χ2v) is 4.80. The van der Waals surface area contributed by atoms with Gasteiger partial charge in [0.15, 0.2) is 0 Å². The van der Waals surface area contributed by atoms with E-state index in [1.807, 2.05) is 6.92 Å². The first-order valence-electron chi connectivity index (χ1n) is 6.80. The minimum atomic E-state index is -0.486. The fourth-order valence-electron chi connectivity index (χ4n) is 1.88. The van der Waals surface area contributed by atoms with E-state index in [1.165, 1.54) is 25.0 Å². The van der Waals surface area contributed by atoms with Crippen LogP contribution in [0.4, 0.5) is 10.1 Å². The summed E-state index contributed by atoms with van der Waals surface area (Å²) in [5.41, 5.74) is 5.93. The standard InChI is InChI=1S/C15H22FNO2/c1-3-4-5-6-7-11(2)19-15(18)13-9-8-12(16)10-14(13)17/h8-11H,3-7,17H2,1-2H3. The molecule has 0 spiro atoms. The quantitative estimate of drug-likeness (QED) is 0.462. The maximum absolute atomic E-state index is 12.9. The minimum absolute atomic E-state index is 0.114. The Hall–Kier alpha value is -1.58. The van der Waals surface area contributed by atoms with Crippen LogP contribution >= 0.6 is 0 Å². The fourth-order valence-corrected chi connectivity index (χ4v) is 1.88. The Bertz CT molecular complexity index is 421. The fraction of sp³-hybridized carbons (Fsp3) is 0.533. The lowest BCUT2D eigenvalue weighted by Crippen LogP contribution is -2.16. The van der Waals surface area contributed by atoms with Gasteiger partial charge in [-0.25, -0.2) is 9.18 Å². The Labute approximate surface area is 113 Å². The summed E-state index contributed by atoms with van der Waals surface area (Å²) in [7, 11) is 0. The number of hydrogen-bond acceptors (Lipinski definition) is 3. The van der Waals surface area contributed by atoms with Gasteiger partial charge in [-0.1, -0.05) is 26.2 Å². The van der Waals surface area contributed by atoms with Crippen molar-refractivity contribution in [2.24, 2.45) is 0 Å². The second-order valence-electron chi connectivity index (χ2n) is 4.80. The molecule has 1 aromatic rings. The van der Waals surface area contributed by atoms with Crippen LogP contribution in [0, 0.1) is 5.82 Å². The molecule has 0 aliphatic rings. The van der Waals surface area contributed by atoms with Crippen LogP contribution in [0.25, 0.3) is 0 Å². The van der Waals surface area contributed by atoms with Gasteiger partial charge in [-0.3, -0.25) is 0 Å². The van der Waals surface area contributed by atoms with Crippen molar-refractivity contribution < 1.29 is 13.9 Å². The maximum atomic E-state index is 12.9. The topological polar surface area (TPSA) is 52.3 Å². The molecule has 3 nitrogen and oxygen atoms in total. The van der Waals surface area contributed by atoms with Crippen LogP contribution in [0.1, 0.15) is 56.3 Å². The summed E-state index contributed by atoms with van der Waals surface area (Å²) in [6, 6.07) is 3.69. The Balaban J connectivity index is 2.45. The molecule has 19 heavy (non-hydrogen) atoms. The Morgan fingerprint density at radius 2 is 2.11 bits per heavy atom. The Kier molecular flexibility index (Phi) is 6.33. The number of nitrogen functional groups attached to an aromatic ring is 1. The first-order valence-corrected chi connectivity index (χ1v) is 6.80. The van der Waals surface area contributed by atoms with Crippen LogP contribution in [-0.2, 0) is 4.74 Å². The van der Waals surface area contributed by atoms with E-state index >= 15 is 0 Å². The van der Waals surface area contributed by atoms with Crippen LogP contribution in [0.2, 0.25) is 0 Å². The SMILES string of the molecule is CCCCCCC(C)OC(=O)c1ccc(F)cc1N. The van der Waals surface area contributed by atoms with Gasteiger partial charge >= 0.3 is 5.97 Å². The number of halogens is 1. The Morgan fingerprint density at radius 1 is 1.37 bits per heavy atom. The van der Waals surface area contributed by atoms with Gasteiger partial charge in [0.05, 0.1) is 11.7 Å². The first-order chi connectivity index (χ1) is 9.04. The van der Waals surface area contributed by atoms with Gasteiger partial charge < -0.3 is 10.5 Å². The number of nitrogens with two attached hydrogens (primary N) is 1. The summed E-state index contributed by atoms with van der Waals surface area (Å²) in [6.45, 7) is 4.02. The van der Waals surface area contributed by atoms with E-state index in [4.69, 9.17) is 10.5 Å². The lowest BCUT2D eigenvalue weighted by molar-refractivity contribution is 0.0320. The van der Waals surface area contributed by atoms with Crippen molar-refractivity contribution in [2.75, 3.05) is 5.73 Å². The van der Waals surface area contributed by atoms with E-state index in [0.29, 0.717) is 0 Å².